The largest absolute Gasteiger partial charge is 0.334 e. The molecule has 0 fully saturated rings. The van der Waals surface area contributed by atoms with Crippen molar-refractivity contribution >= 4 is 6.03 Å². The maximum absolute atomic E-state index is 12.5. The molecule has 0 saturated heterocycles. The maximum Gasteiger partial charge on any atom is 0.317 e. The van der Waals surface area contributed by atoms with Crippen LogP contribution in [0, 0.1) is 5.41 Å². The summed E-state index contributed by atoms with van der Waals surface area (Å²) >= 11 is 0. The Morgan fingerprint density at radius 2 is 2.00 bits per heavy atom. The van der Waals surface area contributed by atoms with Gasteiger partial charge in [-0.25, -0.2) is 9.89 Å². The Labute approximate surface area is 149 Å². The molecule has 6 heteroatoms. The lowest BCUT2D eigenvalue weighted by Crippen LogP contribution is -2.43. The maximum atomic E-state index is 12.5. The van der Waals surface area contributed by atoms with Crippen LogP contribution in [0.5, 0.6) is 0 Å². The van der Waals surface area contributed by atoms with Crippen LogP contribution in [0.1, 0.15) is 57.9 Å². The molecular formula is C19H30N4O2. The molecule has 0 unspecified atom stereocenters. The van der Waals surface area contributed by atoms with E-state index in [2.05, 4.69) is 42.4 Å². The Morgan fingerprint density at radius 3 is 2.52 bits per heavy atom. The van der Waals surface area contributed by atoms with E-state index in [-0.39, 0.29) is 23.6 Å². The molecule has 0 aromatic carbocycles. The molecule has 0 atom stereocenters. The zero-order valence-corrected chi connectivity index (χ0v) is 16.0. The summed E-state index contributed by atoms with van der Waals surface area (Å²) in [5.41, 5.74) is 3.78. The average molecular weight is 346 g/mol. The van der Waals surface area contributed by atoms with Gasteiger partial charge in [0.05, 0.1) is 12.2 Å². The van der Waals surface area contributed by atoms with Gasteiger partial charge in [0, 0.05) is 18.7 Å². The first-order chi connectivity index (χ1) is 11.8. The van der Waals surface area contributed by atoms with E-state index < -0.39 is 0 Å². The lowest BCUT2D eigenvalue weighted by Gasteiger charge is -2.32. The van der Waals surface area contributed by atoms with Gasteiger partial charge in [-0.2, -0.15) is 5.10 Å². The van der Waals surface area contributed by atoms with Crippen LogP contribution in [-0.4, -0.2) is 34.2 Å². The summed E-state index contributed by atoms with van der Waals surface area (Å²) < 4.78 is 0. The van der Waals surface area contributed by atoms with Crippen LogP contribution < -0.4 is 10.9 Å². The van der Waals surface area contributed by atoms with E-state index in [1.807, 2.05) is 13.8 Å². The number of rotatable bonds is 4. The standard InChI is InChI=1S/C19H30N4O2/c1-6-14-15(17(24)22-21-16(14)7-2)12-20-18(25)23-10-8-13(9-11-23)19(3,4)5/h8H,6-7,9-12H2,1-5H3,(H,20,25)(H,22,24). The number of urea groups is 1. The van der Waals surface area contributed by atoms with E-state index in [0.29, 0.717) is 18.7 Å². The van der Waals surface area contributed by atoms with Crippen molar-refractivity contribution in [3.8, 4) is 0 Å². The SMILES string of the molecule is CCc1n[nH]c(=O)c(CNC(=O)N2CC=C(C(C)(C)C)CC2)c1CC. The number of nitrogens with zero attached hydrogens (tertiary/aromatic N) is 2. The average Bonchev–Trinajstić information content (AvgIpc) is 2.59. The Balaban J connectivity index is 2.04. The molecule has 1 aromatic rings. The van der Waals surface area contributed by atoms with E-state index in [0.717, 1.165) is 30.5 Å². The molecule has 138 valence electrons. The second-order valence-corrected chi connectivity index (χ2v) is 7.50. The van der Waals surface area contributed by atoms with Crippen molar-refractivity contribution in [1.82, 2.24) is 20.4 Å². The quantitative estimate of drug-likeness (QED) is 0.823. The molecule has 2 heterocycles. The van der Waals surface area contributed by atoms with Crippen molar-refractivity contribution in [1.29, 1.82) is 0 Å². The summed E-state index contributed by atoms with van der Waals surface area (Å²) in [6, 6.07) is -0.125. The Kier molecular flexibility index (Phi) is 6.03. The summed E-state index contributed by atoms with van der Waals surface area (Å²) in [5, 5.41) is 9.55. The van der Waals surface area contributed by atoms with E-state index in [9.17, 15) is 9.59 Å². The fourth-order valence-electron chi connectivity index (χ4n) is 3.27. The van der Waals surface area contributed by atoms with Crippen LogP contribution in [-0.2, 0) is 19.4 Å². The summed E-state index contributed by atoms with van der Waals surface area (Å²) in [6.45, 7) is 12.2. The normalized spacial score (nSPS) is 15.1. The molecule has 2 amide bonds. The lowest BCUT2D eigenvalue weighted by molar-refractivity contribution is 0.199. The molecule has 25 heavy (non-hydrogen) atoms. The number of aryl methyl sites for hydroxylation is 1. The molecular weight excluding hydrogens is 316 g/mol. The van der Waals surface area contributed by atoms with Crippen molar-refractivity contribution in [3.05, 3.63) is 38.8 Å². The van der Waals surface area contributed by atoms with Crippen LogP contribution in [0.15, 0.2) is 16.4 Å². The number of H-pyrrole nitrogens is 1. The highest BCUT2D eigenvalue weighted by atomic mass is 16.2. The van der Waals surface area contributed by atoms with Gasteiger partial charge in [-0.15, -0.1) is 0 Å². The number of hydrogen-bond donors (Lipinski definition) is 2. The Bertz CT molecular complexity index is 713. The smallest absolute Gasteiger partial charge is 0.317 e. The van der Waals surface area contributed by atoms with Gasteiger partial charge >= 0.3 is 6.03 Å². The molecule has 1 aromatic heterocycles. The summed E-state index contributed by atoms with van der Waals surface area (Å²) in [6.07, 6.45) is 4.53. The first kappa shape index (κ1) is 19.2. The Morgan fingerprint density at radius 1 is 1.28 bits per heavy atom. The third-order valence-electron chi connectivity index (χ3n) is 4.84. The first-order valence-corrected chi connectivity index (χ1v) is 9.09. The number of carbonyl (C=O) groups is 1. The molecule has 6 nitrogen and oxygen atoms in total. The lowest BCUT2D eigenvalue weighted by atomic mass is 9.83. The van der Waals surface area contributed by atoms with Gasteiger partial charge in [0.15, 0.2) is 0 Å². The second-order valence-electron chi connectivity index (χ2n) is 7.50. The minimum absolute atomic E-state index is 0.125. The van der Waals surface area contributed by atoms with Crippen LogP contribution >= 0.6 is 0 Å². The van der Waals surface area contributed by atoms with Crippen LogP contribution in [0.25, 0.3) is 0 Å². The van der Waals surface area contributed by atoms with Crippen molar-refractivity contribution in [2.24, 2.45) is 5.41 Å². The summed E-state index contributed by atoms with van der Waals surface area (Å²) in [4.78, 5) is 26.4. The zero-order valence-electron chi connectivity index (χ0n) is 16.0. The van der Waals surface area contributed by atoms with Crippen LogP contribution in [0.3, 0.4) is 0 Å². The van der Waals surface area contributed by atoms with Crippen LogP contribution in [0.2, 0.25) is 0 Å². The third-order valence-corrected chi connectivity index (χ3v) is 4.84. The second kappa shape index (κ2) is 7.85. The van der Waals surface area contributed by atoms with Gasteiger partial charge in [0.1, 0.15) is 0 Å². The van der Waals surface area contributed by atoms with Gasteiger partial charge < -0.3 is 10.2 Å². The molecule has 0 saturated carbocycles. The fourth-order valence-corrected chi connectivity index (χ4v) is 3.27. The van der Waals surface area contributed by atoms with Gasteiger partial charge in [0.25, 0.3) is 5.56 Å². The third kappa shape index (κ3) is 4.50. The minimum atomic E-state index is -0.220. The number of aromatic amines is 1. The van der Waals surface area contributed by atoms with Crippen molar-refractivity contribution < 1.29 is 4.79 Å². The molecule has 0 radical (unpaired) electrons. The number of nitrogens with one attached hydrogen (secondary N) is 2. The Hall–Kier alpha value is -2.11. The fraction of sp³-hybridized carbons (Fsp3) is 0.632. The van der Waals surface area contributed by atoms with E-state index in [1.54, 1.807) is 4.90 Å². The summed E-state index contributed by atoms with van der Waals surface area (Å²) in [5.74, 6) is 0. The van der Waals surface area contributed by atoms with E-state index >= 15 is 0 Å². The molecule has 1 aliphatic rings. The highest BCUT2D eigenvalue weighted by Crippen LogP contribution is 2.30. The van der Waals surface area contributed by atoms with Crippen molar-refractivity contribution in [2.75, 3.05) is 13.1 Å². The molecule has 2 N–H and O–H groups in total. The highest BCUT2D eigenvalue weighted by Gasteiger charge is 2.23. The van der Waals surface area contributed by atoms with Crippen LogP contribution in [0.4, 0.5) is 4.79 Å². The zero-order chi connectivity index (χ0) is 18.6. The van der Waals surface area contributed by atoms with E-state index in [4.69, 9.17) is 0 Å². The molecule has 0 bridgehead atoms. The predicted octanol–water partition coefficient (Wildman–Crippen LogP) is 2.78. The predicted molar refractivity (Wildman–Crippen MR) is 99.6 cm³/mol. The number of hydrogen-bond acceptors (Lipinski definition) is 3. The molecule has 0 spiro atoms. The monoisotopic (exact) mass is 346 g/mol. The number of carbonyl (C=O) groups excluding carboxylic acids is 1. The molecule has 0 aliphatic carbocycles. The van der Waals surface area contributed by atoms with Gasteiger partial charge in [-0.1, -0.05) is 46.3 Å². The molecule has 2 rings (SSSR count). The van der Waals surface area contributed by atoms with Crippen molar-refractivity contribution in [2.45, 2.75) is 60.4 Å². The summed E-state index contributed by atoms with van der Waals surface area (Å²) in [7, 11) is 0. The topological polar surface area (TPSA) is 78.1 Å². The minimum Gasteiger partial charge on any atom is -0.334 e. The molecule has 1 aliphatic heterocycles. The van der Waals surface area contributed by atoms with Crippen molar-refractivity contribution in [3.63, 3.8) is 0 Å². The van der Waals surface area contributed by atoms with Gasteiger partial charge in [-0.05, 0) is 30.2 Å². The number of aromatic nitrogens is 2. The van der Waals surface area contributed by atoms with Gasteiger partial charge in [0.2, 0.25) is 0 Å². The number of amides is 2. The van der Waals surface area contributed by atoms with E-state index in [1.165, 1.54) is 5.57 Å². The first-order valence-electron chi connectivity index (χ1n) is 9.09. The van der Waals surface area contributed by atoms with Gasteiger partial charge in [-0.3, -0.25) is 4.79 Å². The highest BCUT2D eigenvalue weighted by molar-refractivity contribution is 5.74.